The molecular formula is C21H24ClIN2O4. The minimum atomic E-state index is -0.320. The van der Waals surface area contributed by atoms with E-state index in [2.05, 4.69) is 10.3 Å². The average molecular weight is 531 g/mol. The largest absolute Gasteiger partial charge is 0.484 e. The normalized spacial score (nSPS) is 20.1. The first-order valence-electron chi connectivity index (χ1n) is 9.60. The first kappa shape index (κ1) is 22.1. The number of Topliss-reactive ketones (excluding diaryl/α,β-unsaturated/α-hetero) is 1. The number of hydrogen-bond donors (Lipinski definition) is 3. The van der Waals surface area contributed by atoms with Gasteiger partial charge in [-0.05, 0) is 50.3 Å². The fraction of sp³-hybridized carbons (Fsp3) is 0.429. The number of nitrogens with one attached hydrogen (secondary N) is 2. The third-order valence-corrected chi connectivity index (χ3v) is 6.05. The van der Waals surface area contributed by atoms with Gasteiger partial charge in [-0.2, -0.15) is 0 Å². The second-order valence-corrected chi connectivity index (χ2v) is 8.47. The number of ether oxygens (including phenoxy) is 1. The highest BCUT2D eigenvalue weighted by atomic mass is 127. The molecule has 0 radical (unpaired) electrons. The molecule has 3 N–H and O–H groups in total. The van der Waals surface area contributed by atoms with Gasteiger partial charge < -0.3 is 20.1 Å². The Labute approximate surface area is 188 Å². The lowest BCUT2D eigenvalue weighted by Crippen LogP contribution is -2.38. The second-order valence-electron chi connectivity index (χ2n) is 7.27. The predicted molar refractivity (Wildman–Crippen MR) is 120 cm³/mol. The van der Waals surface area contributed by atoms with Crippen LogP contribution in [0.4, 0.5) is 0 Å². The summed E-state index contributed by atoms with van der Waals surface area (Å²) in [5.74, 6) is -0.0510. The summed E-state index contributed by atoms with van der Waals surface area (Å²) >= 11 is 7.93. The fourth-order valence-corrected chi connectivity index (χ4v) is 3.91. The summed E-state index contributed by atoms with van der Waals surface area (Å²) in [6.45, 7) is 1.88. The van der Waals surface area contributed by atoms with Crippen LogP contribution < -0.4 is 10.1 Å². The van der Waals surface area contributed by atoms with Gasteiger partial charge in [-0.3, -0.25) is 9.59 Å². The summed E-state index contributed by atoms with van der Waals surface area (Å²) in [6.07, 6.45) is 2.24. The molecule has 2 aromatic rings. The number of amides is 1. The van der Waals surface area contributed by atoms with E-state index in [-0.39, 0.29) is 34.4 Å². The number of aliphatic hydroxyl groups is 1. The van der Waals surface area contributed by atoms with Crippen molar-refractivity contribution in [1.82, 2.24) is 10.3 Å². The molecule has 1 aromatic carbocycles. The Bertz CT molecular complexity index is 860. The summed E-state index contributed by atoms with van der Waals surface area (Å²) < 4.78 is 6.29. The molecule has 8 heteroatoms. The summed E-state index contributed by atoms with van der Waals surface area (Å²) in [7, 11) is 0. The van der Waals surface area contributed by atoms with Crippen molar-refractivity contribution in [3.05, 3.63) is 52.3 Å². The molecule has 6 nitrogen and oxygen atoms in total. The molecule has 0 bridgehead atoms. The Morgan fingerprint density at radius 3 is 2.55 bits per heavy atom. The van der Waals surface area contributed by atoms with Gasteiger partial charge in [0.25, 0.3) is 5.91 Å². The topological polar surface area (TPSA) is 91.4 Å². The Morgan fingerprint density at radius 1 is 1.28 bits per heavy atom. The Morgan fingerprint density at radius 2 is 1.93 bits per heavy atom. The van der Waals surface area contributed by atoms with Gasteiger partial charge in [-0.1, -0.05) is 46.3 Å². The van der Waals surface area contributed by atoms with Crippen molar-refractivity contribution in [3.63, 3.8) is 0 Å². The number of carbonyl (C=O) groups excluding carboxylic acids is 2. The summed E-state index contributed by atoms with van der Waals surface area (Å²) in [4.78, 5) is 28.0. The van der Waals surface area contributed by atoms with Gasteiger partial charge in [0.2, 0.25) is 0 Å². The number of halogens is 2. The average Bonchev–Trinajstić information content (AvgIpc) is 3.13. The third-order valence-electron chi connectivity index (χ3n) is 5.10. The van der Waals surface area contributed by atoms with Crippen molar-refractivity contribution in [2.24, 2.45) is 0 Å². The van der Waals surface area contributed by atoms with Crippen LogP contribution in [0.5, 0.6) is 5.75 Å². The number of ketones is 1. The second kappa shape index (κ2) is 9.95. The zero-order valence-electron chi connectivity index (χ0n) is 16.1. The highest BCUT2D eigenvalue weighted by Gasteiger charge is 2.25. The highest BCUT2D eigenvalue weighted by molar-refractivity contribution is 14.1. The van der Waals surface area contributed by atoms with Crippen LogP contribution in [-0.4, -0.2) is 38.4 Å². The minimum Gasteiger partial charge on any atom is -0.484 e. The van der Waals surface area contributed by atoms with Crippen LogP contribution in [0.25, 0.3) is 0 Å². The number of aromatic amines is 1. The number of benzene rings is 1. The molecule has 1 aromatic heterocycles. The fourth-order valence-electron chi connectivity index (χ4n) is 3.40. The first-order chi connectivity index (χ1) is 13.9. The monoisotopic (exact) mass is 530 g/mol. The van der Waals surface area contributed by atoms with Gasteiger partial charge >= 0.3 is 0 Å². The first-order valence-corrected chi connectivity index (χ1v) is 11.5. The Kier molecular flexibility index (Phi) is 7.59. The summed E-state index contributed by atoms with van der Waals surface area (Å²) in [6, 6.07) is 8.90. The number of carbonyl (C=O) groups is 2. The molecule has 0 aliphatic heterocycles. The SMILES string of the molecule is CC(Oc1cc(C(=O)NC2CCC(O)CC2)[nH]c1C(=O)CI)c1ccc(Cl)cc1. The molecule has 1 aliphatic carbocycles. The van der Waals surface area contributed by atoms with E-state index in [4.69, 9.17) is 16.3 Å². The molecule has 1 heterocycles. The maximum atomic E-state index is 12.7. The lowest BCUT2D eigenvalue weighted by atomic mass is 9.93. The van der Waals surface area contributed by atoms with Gasteiger partial charge in [-0.15, -0.1) is 0 Å². The van der Waals surface area contributed by atoms with Crippen LogP contribution in [0, 0.1) is 0 Å². The third kappa shape index (κ3) is 5.73. The molecule has 0 spiro atoms. The van der Waals surface area contributed by atoms with Crippen molar-refractivity contribution in [3.8, 4) is 5.75 Å². The van der Waals surface area contributed by atoms with Gasteiger partial charge in [0.05, 0.1) is 10.5 Å². The molecule has 1 amide bonds. The molecule has 1 unspecified atom stereocenters. The van der Waals surface area contributed by atoms with Gasteiger partial charge in [-0.25, -0.2) is 0 Å². The van der Waals surface area contributed by atoms with Crippen LogP contribution >= 0.6 is 34.2 Å². The minimum absolute atomic E-state index is 0.0234. The quantitative estimate of drug-likeness (QED) is 0.280. The summed E-state index contributed by atoms with van der Waals surface area (Å²) in [5.41, 5.74) is 1.50. The maximum absolute atomic E-state index is 12.7. The molecule has 1 fully saturated rings. The van der Waals surface area contributed by atoms with E-state index in [1.807, 2.05) is 41.6 Å². The molecule has 0 saturated heterocycles. The van der Waals surface area contributed by atoms with Crippen LogP contribution in [0.2, 0.25) is 5.02 Å². The Hall–Kier alpha value is -1.58. The zero-order valence-corrected chi connectivity index (χ0v) is 19.0. The van der Waals surface area contributed by atoms with E-state index >= 15 is 0 Å². The highest BCUT2D eigenvalue weighted by Crippen LogP contribution is 2.28. The molecule has 1 atom stereocenters. The van der Waals surface area contributed by atoms with E-state index in [9.17, 15) is 14.7 Å². The number of hydrogen-bond acceptors (Lipinski definition) is 4. The van der Waals surface area contributed by atoms with E-state index in [1.165, 1.54) is 0 Å². The van der Waals surface area contributed by atoms with E-state index in [0.717, 1.165) is 18.4 Å². The summed E-state index contributed by atoms with van der Waals surface area (Å²) in [5, 5.41) is 13.2. The number of rotatable bonds is 7. The van der Waals surface area contributed by atoms with Crippen molar-refractivity contribution in [1.29, 1.82) is 0 Å². The van der Waals surface area contributed by atoms with Gasteiger partial charge in [0.15, 0.2) is 5.78 Å². The van der Waals surface area contributed by atoms with Crippen LogP contribution in [-0.2, 0) is 0 Å². The number of aromatic nitrogens is 1. The lowest BCUT2D eigenvalue weighted by molar-refractivity contribution is 0.0863. The smallest absolute Gasteiger partial charge is 0.268 e. The maximum Gasteiger partial charge on any atom is 0.268 e. The molecule has 156 valence electrons. The molecule has 29 heavy (non-hydrogen) atoms. The Balaban J connectivity index is 1.75. The van der Waals surface area contributed by atoms with Crippen LogP contribution in [0.1, 0.15) is 65.3 Å². The molecule has 1 saturated carbocycles. The zero-order chi connectivity index (χ0) is 21.0. The van der Waals surface area contributed by atoms with E-state index < -0.39 is 0 Å². The van der Waals surface area contributed by atoms with Crippen LogP contribution in [0.15, 0.2) is 30.3 Å². The number of H-pyrrole nitrogens is 1. The van der Waals surface area contributed by atoms with Crippen molar-refractivity contribution < 1.29 is 19.4 Å². The standard InChI is InChI=1S/C21H24ClIN2O4/c1-12(13-2-4-14(22)5-3-13)29-19-10-17(25-20(19)18(27)11-23)21(28)24-15-6-8-16(26)9-7-15/h2-5,10,12,15-16,25-26H,6-9,11H2,1H3,(H,24,28). The van der Waals surface area contributed by atoms with Crippen LogP contribution in [0.3, 0.4) is 0 Å². The van der Waals surface area contributed by atoms with E-state index in [0.29, 0.717) is 35.0 Å². The van der Waals surface area contributed by atoms with Gasteiger partial charge in [0.1, 0.15) is 23.2 Å². The molecular weight excluding hydrogens is 507 g/mol. The molecule has 1 aliphatic rings. The number of aliphatic hydroxyl groups excluding tert-OH is 1. The predicted octanol–water partition coefficient (Wildman–Crippen LogP) is 4.46. The van der Waals surface area contributed by atoms with Gasteiger partial charge in [0, 0.05) is 17.1 Å². The van der Waals surface area contributed by atoms with Crippen molar-refractivity contribution >= 4 is 45.9 Å². The number of alkyl halides is 1. The van der Waals surface area contributed by atoms with Crippen molar-refractivity contribution in [2.45, 2.75) is 50.9 Å². The van der Waals surface area contributed by atoms with E-state index in [1.54, 1.807) is 18.2 Å². The molecule has 3 rings (SSSR count). The van der Waals surface area contributed by atoms with Crippen molar-refractivity contribution in [2.75, 3.05) is 4.43 Å². The lowest BCUT2D eigenvalue weighted by Gasteiger charge is -2.25.